The van der Waals surface area contributed by atoms with Crippen molar-refractivity contribution in [1.29, 1.82) is 0 Å². The molecule has 0 unspecified atom stereocenters. The van der Waals surface area contributed by atoms with E-state index in [-0.39, 0.29) is 0 Å². The van der Waals surface area contributed by atoms with Gasteiger partial charge in [-0.1, -0.05) is 29.8 Å². The Hall–Kier alpha value is -1.67. The highest BCUT2D eigenvalue weighted by Crippen LogP contribution is 2.22. The van der Waals surface area contributed by atoms with Crippen LogP contribution in [0.3, 0.4) is 0 Å². The number of aryl methyl sites for hydroxylation is 1. The van der Waals surface area contributed by atoms with Crippen LogP contribution in [0.5, 0.6) is 5.75 Å². The number of para-hydroxylation sites is 1. The van der Waals surface area contributed by atoms with Crippen molar-refractivity contribution in [3.8, 4) is 5.75 Å². The molecule has 0 atom stereocenters. The van der Waals surface area contributed by atoms with E-state index in [9.17, 15) is 0 Å². The Kier molecular flexibility index (Phi) is 4.11. The normalized spacial score (nSPS) is 10.3. The molecule has 2 N–H and O–H groups in total. The number of hydrogen-bond acceptors (Lipinski definition) is 2. The average Bonchev–Trinajstić information content (AvgIpc) is 2.34. The Balaban J connectivity index is 1.95. The minimum absolute atomic E-state index is 0.608. The summed E-state index contributed by atoms with van der Waals surface area (Å²) < 4.78 is 5.74. The summed E-state index contributed by atoms with van der Waals surface area (Å²) in [6, 6.07) is 13.5. The van der Waals surface area contributed by atoms with Gasteiger partial charge in [0.05, 0.1) is 6.61 Å². The average molecular weight is 262 g/mol. The molecule has 0 amide bonds. The number of rotatable bonds is 4. The van der Waals surface area contributed by atoms with Crippen LogP contribution >= 0.6 is 11.6 Å². The lowest BCUT2D eigenvalue weighted by atomic mass is 10.1. The molecule has 0 fully saturated rings. The molecule has 2 aromatic rings. The summed E-state index contributed by atoms with van der Waals surface area (Å²) in [4.78, 5) is 0. The van der Waals surface area contributed by atoms with Crippen molar-refractivity contribution in [2.24, 2.45) is 0 Å². The quantitative estimate of drug-likeness (QED) is 0.849. The van der Waals surface area contributed by atoms with E-state index in [0.717, 1.165) is 34.0 Å². The van der Waals surface area contributed by atoms with Gasteiger partial charge in [0.25, 0.3) is 0 Å². The lowest BCUT2D eigenvalue weighted by molar-refractivity contribution is 0.320. The van der Waals surface area contributed by atoms with Gasteiger partial charge in [0.15, 0.2) is 0 Å². The zero-order valence-corrected chi connectivity index (χ0v) is 11.1. The van der Waals surface area contributed by atoms with Crippen molar-refractivity contribution in [3.05, 3.63) is 58.6 Å². The van der Waals surface area contributed by atoms with Gasteiger partial charge in [-0.25, -0.2) is 0 Å². The maximum atomic E-state index is 5.90. The predicted molar refractivity (Wildman–Crippen MR) is 76.2 cm³/mol. The zero-order chi connectivity index (χ0) is 13.0. The number of nitrogen functional groups attached to an aromatic ring is 1. The van der Waals surface area contributed by atoms with Crippen LogP contribution in [-0.4, -0.2) is 6.61 Å². The summed E-state index contributed by atoms with van der Waals surface area (Å²) in [5, 5.41) is 0.729. The Morgan fingerprint density at radius 1 is 1.17 bits per heavy atom. The van der Waals surface area contributed by atoms with E-state index in [1.54, 1.807) is 0 Å². The van der Waals surface area contributed by atoms with Crippen LogP contribution in [0.1, 0.15) is 11.1 Å². The second-order valence-electron chi connectivity index (χ2n) is 4.21. The molecular weight excluding hydrogens is 246 g/mol. The molecule has 0 radical (unpaired) electrons. The third-order valence-electron chi connectivity index (χ3n) is 2.82. The van der Waals surface area contributed by atoms with E-state index in [2.05, 4.69) is 0 Å². The standard InChI is InChI=1S/C15H16ClNO/c1-11-10-13(16)6-7-15(11)18-9-8-12-4-2-3-5-14(12)17/h2-7,10H,8-9,17H2,1H3. The van der Waals surface area contributed by atoms with Crippen LogP contribution in [0, 0.1) is 6.92 Å². The van der Waals surface area contributed by atoms with Gasteiger partial charge in [-0.05, 0) is 42.3 Å². The molecule has 0 bridgehead atoms. The first-order chi connectivity index (χ1) is 8.66. The number of benzene rings is 2. The van der Waals surface area contributed by atoms with Crippen molar-refractivity contribution in [2.45, 2.75) is 13.3 Å². The van der Waals surface area contributed by atoms with Crippen molar-refractivity contribution < 1.29 is 4.74 Å². The molecule has 0 saturated heterocycles. The van der Waals surface area contributed by atoms with Crippen LogP contribution in [0.15, 0.2) is 42.5 Å². The summed E-state index contributed by atoms with van der Waals surface area (Å²) >= 11 is 5.90. The molecule has 0 aliphatic carbocycles. The molecular formula is C15H16ClNO. The first-order valence-electron chi connectivity index (χ1n) is 5.89. The third kappa shape index (κ3) is 3.17. The SMILES string of the molecule is Cc1cc(Cl)ccc1OCCc1ccccc1N. The van der Waals surface area contributed by atoms with E-state index < -0.39 is 0 Å². The van der Waals surface area contributed by atoms with Crippen LogP contribution < -0.4 is 10.5 Å². The van der Waals surface area contributed by atoms with Gasteiger partial charge in [0.1, 0.15) is 5.75 Å². The summed E-state index contributed by atoms with van der Waals surface area (Å²) in [7, 11) is 0. The van der Waals surface area contributed by atoms with Crippen molar-refractivity contribution in [2.75, 3.05) is 12.3 Å². The Morgan fingerprint density at radius 2 is 1.94 bits per heavy atom. The first kappa shape index (κ1) is 12.8. The Bertz CT molecular complexity index is 540. The van der Waals surface area contributed by atoms with E-state index in [1.165, 1.54) is 0 Å². The zero-order valence-electron chi connectivity index (χ0n) is 10.3. The molecule has 3 heteroatoms. The van der Waals surface area contributed by atoms with Gasteiger partial charge in [-0.15, -0.1) is 0 Å². The van der Waals surface area contributed by atoms with Crippen LogP contribution in [-0.2, 0) is 6.42 Å². The molecule has 94 valence electrons. The summed E-state index contributed by atoms with van der Waals surface area (Å²) in [5.41, 5.74) is 8.85. The second kappa shape index (κ2) is 5.78. The van der Waals surface area contributed by atoms with Gasteiger partial charge >= 0.3 is 0 Å². The van der Waals surface area contributed by atoms with Gasteiger partial charge in [-0.3, -0.25) is 0 Å². The maximum absolute atomic E-state index is 5.90. The molecule has 0 spiro atoms. The Labute approximate surface area is 112 Å². The van der Waals surface area contributed by atoms with E-state index in [4.69, 9.17) is 22.1 Å². The fourth-order valence-corrected chi connectivity index (χ4v) is 2.03. The van der Waals surface area contributed by atoms with Crippen LogP contribution in [0.4, 0.5) is 5.69 Å². The Morgan fingerprint density at radius 3 is 2.67 bits per heavy atom. The molecule has 0 aliphatic heterocycles. The molecule has 0 saturated carbocycles. The molecule has 2 aromatic carbocycles. The molecule has 0 heterocycles. The fourth-order valence-electron chi connectivity index (χ4n) is 1.81. The van der Waals surface area contributed by atoms with Crippen molar-refractivity contribution in [3.63, 3.8) is 0 Å². The highest BCUT2D eigenvalue weighted by Gasteiger charge is 2.02. The topological polar surface area (TPSA) is 35.2 Å². The molecule has 18 heavy (non-hydrogen) atoms. The highest BCUT2D eigenvalue weighted by atomic mass is 35.5. The van der Waals surface area contributed by atoms with Crippen molar-refractivity contribution >= 4 is 17.3 Å². The number of anilines is 1. The fraction of sp³-hybridized carbons (Fsp3) is 0.200. The second-order valence-corrected chi connectivity index (χ2v) is 4.64. The van der Waals surface area contributed by atoms with Crippen LogP contribution in [0.2, 0.25) is 5.02 Å². The number of nitrogens with two attached hydrogens (primary N) is 1. The van der Waals surface area contributed by atoms with Crippen LogP contribution in [0.25, 0.3) is 0 Å². The molecule has 0 aliphatic rings. The van der Waals surface area contributed by atoms with E-state index in [1.807, 2.05) is 49.4 Å². The predicted octanol–water partition coefficient (Wildman–Crippen LogP) is 3.85. The van der Waals surface area contributed by atoms with E-state index in [0.29, 0.717) is 6.61 Å². The van der Waals surface area contributed by atoms with E-state index >= 15 is 0 Å². The van der Waals surface area contributed by atoms with Gasteiger partial charge in [0.2, 0.25) is 0 Å². The number of ether oxygens (including phenoxy) is 1. The number of hydrogen-bond donors (Lipinski definition) is 1. The third-order valence-corrected chi connectivity index (χ3v) is 3.06. The minimum atomic E-state index is 0.608. The molecule has 2 rings (SSSR count). The van der Waals surface area contributed by atoms with Gasteiger partial charge < -0.3 is 10.5 Å². The molecule has 0 aromatic heterocycles. The largest absolute Gasteiger partial charge is 0.493 e. The summed E-state index contributed by atoms with van der Waals surface area (Å²) in [6.07, 6.45) is 0.800. The number of halogens is 1. The van der Waals surface area contributed by atoms with Crippen molar-refractivity contribution in [1.82, 2.24) is 0 Å². The molecule has 2 nitrogen and oxygen atoms in total. The first-order valence-corrected chi connectivity index (χ1v) is 6.27. The van der Waals surface area contributed by atoms with Gasteiger partial charge in [-0.2, -0.15) is 0 Å². The lowest BCUT2D eigenvalue weighted by Crippen LogP contribution is -2.04. The highest BCUT2D eigenvalue weighted by molar-refractivity contribution is 6.30. The summed E-state index contributed by atoms with van der Waals surface area (Å²) in [5.74, 6) is 0.869. The monoisotopic (exact) mass is 261 g/mol. The minimum Gasteiger partial charge on any atom is -0.493 e. The lowest BCUT2D eigenvalue weighted by Gasteiger charge is -2.10. The maximum Gasteiger partial charge on any atom is 0.122 e. The summed E-state index contributed by atoms with van der Waals surface area (Å²) in [6.45, 7) is 2.59. The van der Waals surface area contributed by atoms with Gasteiger partial charge in [0, 0.05) is 17.1 Å². The smallest absolute Gasteiger partial charge is 0.122 e.